The fourth-order valence-electron chi connectivity index (χ4n) is 2.72. The van der Waals surface area contributed by atoms with Gasteiger partial charge in [0.2, 0.25) is 15.9 Å². The van der Waals surface area contributed by atoms with Crippen LogP contribution in [-0.2, 0) is 21.4 Å². The van der Waals surface area contributed by atoms with Crippen LogP contribution in [-0.4, -0.2) is 42.4 Å². The van der Waals surface area contributed by atoms with E-state index in [4.69, 9.17) is 5.73 Å². The van der Waals surface area contributed by atoms with Crippen LogP contribution in [0, 0.1) is 0 Å². The summed E-state index contributed by atoms with van der Waals surface area (Å²) in [5.74, 6) is 0.242. The molecule has 0 bridgehead atoms. The van der Waals surface area contributed by atoms with E-state index < -0.39 is 10.0 Å². The van der Waals surface area contributed by atoms with Crippen LogP contribution in [0.1, 0.15) is 32.1 Å². The van der Waals surface area contributed by atoms with Gasteiger partial charge in [0.1, 0.15) is 0 Å². The number of rotatable bonds is 12. The number of fused-ring (bicyclic) bond motifs is 1. The molecule has 0 aliphatic heterocycles. The number of nitrogens with zero attached hydrogens (tertiary/aromatic N) is 2. The fourth-order valence-corrected chi connectivity index (χ4v) is 4.59. The molecule has 1 heterocycles. The molecule has 0 radical (unpaired) electrons. The molecule has 1 aromatic heterocycles. The zero-order chi connectivity index (χ0) is 20.6. The Morgan fingerprint density at radius 1 is 1.21 bits per heavy atom. The molecule has 154 valence electrons. The number of primary amides is 1. The summed E-state index contributed by atoms with van der Waals surface area (Å²) >= 11 is 1.38. The molecule has 0 aliphatic rings. The quantitative estimate of drug-likeness (QED) is 0.301. The topological polar surface area (TPSA) is 124 Å². The smallest absolute Gasteiger partial charge is 0.262 e. The number of nitrogens with two attached hydrogens (primary N) is 1. The Labute approximate surface area is 169 Å². The van der Waals surface area contributed by atoms with Crippen molar-refractivity contribution >= 4 is 38.6 Å². The van der Waals surface area contributed by atoms with Crippen LogP contribution in [0.25, 0.3) is 10.9 Å². The van der Waals surface area contributed by atoms with Gasteiger partial charge in [0.25, 0.3) is 5.56 Å². The van der Waals surface area contributed by atoms with Gasteiger partial charge in [-0.05, 0) is 38.4 Å². The van der Waals surface area contributed by atoms with Crippen LogP contribution in [0.3, 0.4) is 0 Å². The van der Waals surface area contributed by atoms with E-state index in [2.05, 4.69) is 9.71 Å². The van der Waals surface area contributed by atoms with Gasteiger partial charge in [0.05, 0.1) is 16.7 Å². The van der Waals surface area contributed by atoms with Crippen molar-refractivity contribution in [3.05, 3.63) is 34.6 Å². The van der Waals surface area contributed by atoms with E-state index in [-0.39, 0.29) is 17.2 Å². The van der Waals surface area contributed by atoms with Gasteiger partial charge in [-0.1, -0.05) is 30.3 Å². The standard InChI is InChI=1S/C18H26N4O4S2/c1-20-28(25,26)13-7-12-27-18-21-15-9-5-4-8-14(15)17(24)22(18)11-6-2-3-10-16(19)23/h4-5,8-9,20H,2-3,6-7,10-13H2,1H3,(H2,19,23). The number of nitrogens with one attached hydrogen (secondary N) is 1. The van der Waals surface area contributed by atoms with Crippen LogP contribution in [0.4, 0.5) is 0 Å². The molecule has 0 spiro atoms. The highest BCUT2D eigenvalue weighted by molar-refractivity contribution is 7.99. The van der Waals surface area contributed by atoms with Crippen molar-refractivity contribution < 1.29 is 13.2 Å². The molecule has 8 nitrogen and oxygen atoms in total. The number of hydrogen-bond donors (Lipinski definition) is 2. The van der Waals surface area contributed by atoms with Crippen LogP contribution in [0.5, 0.6) is 0 Å². The van der Waals surface area contributed by atoms with E-state index in [9.17, 15) is 18.0 Å². The normalized spacial score (nSPS) is 11.8. The van der Waals surface area contributed by atoms with Gasteiger partial charge < -0.3 is 5.73 Å². The first-order valence-corrected chi connectivity index (χ1v) is 11.8. The van der Waals surface area contributed by atoms with Gasteiger partial charge in [-0.3, -0.25) is 14.2 Å². The molecule has 2 rings (SSSR count). The third-order valence-corrected chi connectivity index (χ3v) is 6.74. The predicted octanol–water partition coefficient (Wildman–Crippen LogP) is 1.47. The number of carbonyl (C=O) groups is 1. The number of thioether (sulfide) groups is 1. The van der Waals surface area contributed by atoms with Crippen molar-refractivity contribution in [1.82, 2.24) is 14.3 Å². The van der Waals surface area contributed by atoms with Crippen LogP contribution >= 0.6 is 11.8 Å². The lowest BCUT2D eigenvalue weighted by atomic mass is 10.2. The van der Waals surface area contributed by atoms with Gasteiger partial charge >= 0.3 is 0 Å². The molecular weight excluding hydrogens is 400 g/mol. The predicted molar refractivity (Wildman–Crippen MR) is 112 cm³/mol. The summed E-state index contributed by atoms with van der Waals surface area (Å²) in [5, 5.41) is 1.14. The first kappa shape index (κ1) is 22.4. The fraction of sp³-hybridized carbons (Fsp3) is 0.500. The summed E-state index contributed by atoms with van der Waals surface area (Å²) in [6, 6.07) is 7.18. The van der Waals surface area contributed by atoms with Gasteiger partial charge in [0.15, 0.2) is 5.16 Å². The molecule has 0 saturated carbocycles. The van der Waals surface area contributed by atoms with E-state index in [0.717, 1.165) is 12.8 Å². The average Bonchev–Trinajstić information content (AvgIpc) is 2.66. The number of aromatic nitrogens is 2. The second kappa shape index (κ2) is 10.6. The van der Waals surface area contributed by atoms with E-state index in [1.54, 1.807) is 22.8 Å². The van der Waals surface area contributed by atoms with Crippen LogP contribution < -0.4 is 16.0 Å². The van der Waals surface area contributed by atoms with E-state index >= 15 is 0 Å². The van der Waals surface area contributed by atoms with Crippen molar-refractivity contribution in [3.63, 3.8) is 0 Å². The molecule has 2 aromatic rings. The molecule has 0 aliphatic carbocycles. The second-order valence-corrected chi connectivity index (χ2v) is 9.48. The number of para-hydroxylation sites is 1. The van der Waals surface area contributed by atoms with Crippen molar-refractivity contribution in [2.45, 2.75) is 43.8 Å². The lowest BCUT2D eigenvalue weighted by Gasteiger charge is -2.13. The Hall–Kier alpha value is -1.91. The molecule has 0 saturated heterocycles. The molecule has 10 heteroatoms. The molecular formula is C18H26N4O4S2. The zero-order valence-corrected chi connectivity index (χ0v) is 17.5. The van der Waals surface area contributed by atoms with E-state index in [1.165, 1.54) is 18.8 Å². The maximum Gasteiger partial charge on any atom is 0.262 e. The Kier molecular flexibility index (Phi) is 8.46. The number of hydrogen-bond acceptors (Lipinski definition) is 6. The lowest BCUT2D eigenvalue weighted by molar-refractivity contribution is -0.118. The average molecular weight is 427 g/mol. The first-order valence-electron chi connectivity index (χ1n) is 9.16. The minimum absolute atomic E-state index is 0.0292. The SMILES string of the molecule is CNS(=O)(=O)CCCSc1nc2ccccc2c(=O)n1CCCCCC(N)=O. The Balaban J connectivity index is 2.12. The largest absolute Gasteiger partial charge is 0.370 e. The van der Waals surface area contributed by atoms with Gasteiger partial charge in [-0.25, -0.2) is 18.1 Å². The highest BCUT2D eigenvalue weighted by Crippen LogP contribution is 2.19. The molecule has 0 unspecified atom stereocenters. The molecule has 1 aromatic carbocycles. The molecule has 28 heavy (non-hydrogen) atoms. The highest BCUT2D eigenvalue weighted by Gasteiger charge is 2.12. The monoisotopic (exact) mass is 426 g/mol. The summed E-state index contributed by atoms with van der Waals surface area (Å²) in [6.45, 7) is 0.493. The Morgan fingerprint density at radius 2 is 1.96 bits per heavy atom. The summed E-state index contributed by atoms with van der Waals surface area (Å²) < 4.78 is 27.0. The van der Waals surface area contributed by atoms with Gasteiger partial charge in [-0.15, -0.1) is 0 Å². The van der Waals surface area contributed by atoms with Gasteiger partial charge in [-0.2, -0.15) is 0 Å². The van der Waals surface area contributed by atoms with Gasteiger partial charge in [0, 0.05) is 18.7 Å². The maximum atomic E-state index is 12.9. The number of benzene rings is 1. The summed E-state index contributed by atoms with van der Waals surface area (Å²) in [4.78, 5) is 28.3. The first-order chi connectivity index (χ1) is 13.3. The molecule has 1 amide bonds. The third-order valence-electron chi connectivity index (χ3n) is 4.23. The second-order valence-electron chi connectivity index (χ2n) is 6.37. The third kappa shape index (κ3) is 6.61. The van der Waals surface area contributed by atoms with E-state index in [0.29, 0.717) is 47.6 Å². The summed E-state index contributed by atoms with van der Waals surface area (Å²) in [5.41, 5.74) is 5.67. The maximum absolute atomic E-state index is 12.9. The molecule has 3 N–H and O–H groups in total. The zero-order valence-electron chi connectivity index (χ0n) is 15.9. The molecule has 0 fully saturated rings. The van der Waals surface area contributed by atoms with Crippen molar-refractivity contribution in [2.24, 2.45) is 5.73 Å². The van der Waals surface area contributed by atoms with Crippen molar-refractivity contribution in [3.8, 4) is 0 Å². The minimum Gasteiger partial charge on any atom is -0.370 e. The Morgan fingerprint density at radius 3 is 2.68 bits per heavy atom. The van der Waals surface area contributed by atoms with E-state index in [1.807, 2.05) is 6.07 Å². The van der Waals surface area contributed by atoms with Crippen molar-refractivity contribution in [2.75, 3.05) is 18.6 Å². The summed E-state index contributed by atoms with van der Waals surface area (Å²) in [7, 11) is -1.85. The van der Waals surface area contributed by atoms with Crippen LogP contribution in [0.15, 0.2) is 34.2 Å². The lowest BCUT2D eigenvalue weighted by Crippen LogP contribution is -2.24. The Bertz CT molecular complexity index is 973. The number of sulfonamides is 1. The number of carbonyl (C=O) groups excluding carboxylic acids is 1. The summed E-state index contributed by atoms with van der Waals surface area (Å²) in [6.07, 6.45) is 3.00. The van der Waals surface area contributed by atoms with Crippen LogP contribution in [0.2, 0.25) is 0 Å². The number of unbranched alkanes of at least 4 members (excludes halogenated alkanes) is 2. The molecule has 0 atom stereocenters. The number of amides is 1. The highest BCUT2D eigenvalue weighted by atomic mass is 32.2. The van der Waals surface area contributed by atoms with Crippen molar-refractivity contribution in [1.29, 1.82) is 0 Å². The minimum atomic E-state index is -3.24.